The van der Waals surface area contributed by atoms with Crippen molar-refractivity contribution >= 4 is 17.8 Å². The third kappa shape index (κ3) is 3.34. The number of hydrogen-bond donors (Lipinski definition) is 1. The minimum Gasteiger partial charge on any atom is -0.465 e. The molecule has 1 aromatic rings. The highest BCUT2D eigenvalue weighted by Crippen LogP contribution is 2.25. The fourth-order valence-corrected chi connectivity index (χ4v) is 4.09. The molecular weight excluding hydrogens is 334 g/mol. The predicted molar refractivity (Wildman–Crippen MR) is 96.0 cm³/mol. The van der Waals surface area contributed by atoms with E-state index < -0.39 is 5.97 Å². The maximum absolute atomic E-state index is 13.0. The lowest BCUT2D eigenvalue weighted by Crippen LogP contribution is -2.46. The van der Waals surface area contributed by atoms with Gasteiger partial charge in [0.25, 0.3) is 5.91 Å². The fourth-order valence-electron chi connectivity index (χ4n) is 4.09. The number of aromatic amines is 1. The summed E-state index contributed by atoms with van der Waals surface area (Å²) < 4.78 is 4.81. The molecule has 2 amide bonds. The van der Waals surface area contributed by atoms with Crippen LogP contribution < -0.4 is 0 Å². The smallest absolute Gasteiger partial charge is 0.339 e. The summed E-state index contributed by atoms with van der Waals surface area (Å²) in [6, 6.07) is 0. The first-order valence-corrected chi connectivity index (χ1v) is 9.29. The van der Waals surface area contributed by atoms with Gasteiger partial charge in [-0.25, -0.2) is 4.79 Å². The lowest BCUT2D eigenvalue weighted by Gasteiger charge is -2.33. The van der Waals surface area contributed by atoms with E-state index in [4.69, 9.17) is 4.74 Å². The average molecular weight is 361 g/mol. The molecule has 1 atom stereocenters. The number of H-pyrrole nitrogens is 1. The second-order valence-corrected chi connectivity index (χ2v) is 7.24. The number of methoxy groups -OCH3 is 1. The summed E-state index contributed by atoms with van der Waals surface area (Å²) in [4.78, 5) is 44.3. The van der Waals surface area contributed by atoms with Gasteiger partial charge in [-0.05, 0) is 45.1 Å². The van der Waals surface area contributed by atoms with Crippen molar-refractivity contribution < 1.29 is 19.1 Å². The van der Waals surface area contributed by atoms with Crippen LogP contribution in [0, 0.1) is 19.8 Å². The molecule has 0 radical (unpaired) electrons. The zero-order valence-electron chi connectivity index (χ0n) is 15.8. The standard InChI is InChI=1S/C19H27N3O4/c1-12-15(19(25)26-3)13(2)20-16(12)18(24)22-10-6-7-14(11-22)17(23)21-8-4-5-9-21/h14,20H,4-11H2,1-3H3/t14-/m0/s1. The Kier molecular flexibility index (Phi) is 5.34. The van der Waals surface area contributed by atoms with Crippen molar-refractivity contribution in [1.82, 2.24) is 14.8 Å². The molecule has 2 saturated heterocycles. The van der Waals surface area contributed by atoms with Crippen LogP contribution in [0.25, 0.3) is 0 Å². The Bertz CT molecular complexity index is 719. The predicted octanol–water partition coefficient (Wildman–Crippen LogP) is 1.89. The van der Waals surface area contributed by atoms with Crippen molar-refractivity contribution in [3.63, 3.8) is 0 Å². The number of esters is 1. The van der Waals surface area contributed by atoms with Crippen LogP contribution in [0.3, 0.4) is 0 Å². The SMILES string of the molecule is COC(=O)c1c(C)[nH]c(C(=O)N2CCC[C@H](C(=O)N3CCCC3)C2)c1C. The molecule has 3 rings (SSSR count). The van der Waals surface area contributed by atoms with E-state index in [0.717, 1.165) is 38.8 Å². The van der Waals surface area contributed by atoms with Crippen LogP contribution in [-0.4, -0.2) is 65.9 Å². The topological polar surface area (TPSA) is 82.7 Å². The number of aryl methyl sites for hydroxylation is 1. The third-order valence-corrected chi connectivity index (χ3v) is 5.52. The summed E-state index contributed by atoms with van der Waals surface area (Å²) in [6.45, 7) is 6.25. The molecule has 3 heterocycles. The number of likely N-dealkylation sites (tertiary alicyclic amines) is 2. The summed E-state index contributed by atoms with van der Waals surface area (Å²) in [6.07, 6.45) is 3.78. The first kappa shape index (κ1) is 18.5. The highest BCUT2D eigenvalue weighted by atomic mass is 16.5. The number of piperidine rings is 1. The van der Waals surface area contributed by atoms with Crippen LogP contribution in [0.4, 0.5) is 0 Å². The maximum Gasteiger partial charge on any atom is 0.339 e. The number of ether oxygens (including phenoxy) is 1. The van der Waals surface area contributed by atoms with Crippen molar-refractivity contribution in [3.8, 4) is 0 Å². The van der Waals surface area contributed by atoms with Gasteiger partial charge in [-0.1, -0.05) is 0 Å². The summed E-state index contributed by atoms with van der Waals surface area (Å²) in [5, 5.41) is 0. The van der Waals surface area contributed by atoms with Gasteiger partial charge in [0.1, 0.15) is 5.69 Å². The number of nitrogens with one attached hydrogen (secondary N) is 1. The lowest BCUT2D eigenvalue weighted by molar-refractivity contribution is -0.135. The first-order chi connectivity index (χ1) is 12.4. The minimum atomic E-state index is -0.448. The molecule has 7 nitrogen and oxygen atoms in total. The van der Waals surface area contributed by atoms with Gasteiger partial charge < -0.3 is 19.5 Å². The van der Waals surface area contributed by atoms with Gasteiger partial charge in [0.05, 0.1) is 18.6 Å². The number of carbonyl (C=O) groups is 3. The molecule has 142 valence electrons. The molecule has 0 aliphatic carbocycles. The number of amides is 2. The zero-order chi connectivity index (χ0) is 18.8. The third-order valence-electron chi connectivity index (χ3n) is 5.52. The lowest BCUT2D eigenvalue weighted by atomic mass is 9.96. The monoisotopic (exact) mass is 361 g/mol. The van der Waals surface area contributed by atoms with Crippen LogP contribution in [-0.2, 0) is 9.53 Å². The van der Waals surface area contributed by atoms with Crippen LogP contribution in [0.15, 0.2) is 0 Å². The average Bonchev–Trinajstić information content (AvgIpc) is 3.28. The van der Waals surface area contributed by atoms with E-state index >= 15 is 0 Å². The summed E-state index contributed by atoms with van der Waals surface area (Å²) >= 11 is 0. The van der Waals surface area contributed by atoms with E-state index in [2.05, 4.69) is 4.98 Å². The van der Waals surface area contributed by atoms with E-state index in [1.807, 2.05) is 4.90 Å². The Morgan fingerprint density at radius 1 is 1.04 bits per heavy atom. The fraction of sp³-hybridized carbons (Fsp3) is 0.632. The van der Waals surface area contributed by atoms with Crippen LogP contribution >= 0.6 is 0 Å². The Balaban J connectivity index is 1.75. The molecule has 2 fully saturated rings. The van der Waals surface area contributed by atoms with Crippen molar-refractivity contribution in [1.29, 1.82) is 0 Å². The quantitative estimate of drug-likeness (QED) is 0.834. The van der Waals surface area contributed by atoms with Crippen LogP contribution in [0.1, 0.15) is 57.8 Å². The molecule has 2 aliphatic rings. The van der Waals surface area contributed by atoms with Gasteiger partial charge in [0.2, 0.25) is 5.91 Å². The maximum atomic E-state index is 13.0. The summed E-state index contributed by atoms with van der Waals surface area (Å²) in [5.74, 6) is -0.549. The molecule has 7 heteroatoms. The highest BCUT2D eigenvalue weighted by molar-refractivity contribution is 6.00. The van der Waals surface area contributed by atoms with Crippen LogP contribution in [0.2, 0.25) is 0 Å². The molecule has 26 heavy (non-hydrogen) atoms. The van der Waals surface area contributed by atoms with Crippen LogP contribution in [0.5, 0.6) is 0 Å². The van der Waals surface area contributed by atoms with E-state index in [9.17, 15) is 14.4 Å². The molecule has 0 bridgehead atoms. The largest absolute Gasteiger partial charge is 0.465 e. The second-order valence-electron chi connectivity index (χ2n) is 7.24. The number of hydrogen-bond acceptors (Lipinski definition) is 4. The molecule has 1 aromatic heterocycles. The summed E-state index contributed by atoms with van der Waals surface area (Å²) in [5.41, 5.74) is 2.06. The molecule has 0 aromatic carbocycles. The van der Waals surface area contributed by atoms with Gasteiger partial charge in [0, 0.05) is 31.9 Å². The Hall–Kier alpha value is -2.31. The highest BCUT2D eigenvalue weighted by Gasteiger charge is 2.34. The van der Waals surface area contributed by atoms with Crippen molar-refractivity contribution in [2.75, 3.05) is 33.3 Å². The summed E-state index contributed by atoms with van der Waals surface area (Å²) in [7, 11) is 1.33. The van der Waals surface area contributed by atoms with Crippen molar-refractivity contribution in [2.45, 2.75) is 39.5 Å². The molecule has 2 aliphatic heterocycles. The molecular formula is C19H27N3O4. The van der Waals surface area contributed by atoms with E-state index in [1.54, 1.807) is 18.7 Å². The second kappa shape index (κ2) is 7.51. The van der Waals surface area contributed by atoms with Crippen molar-refractivity contribution in [3.05, 3.63) is 22.5 Å². The van der Waals surface area contributed by atoms with Gasteiger partial charge in [-0.2, -0.15) is 0 Å². The van der Waals surface area contributed by atoms with Gasteiger partial charge in [0.15, 0.2) is 0 Å². The molecule has 0 spiro atoms. The normalized spacial score (nSPS) is 20.3. The Morgan fingerprint density at radius 2 is 1.69 bits per heavy atom. The Morgan fingerprint density at radius 3 is 2.35 bits per heavy atom. The van der Waals surface area contributed by atoms with Gasteiger partial charge >= 0.3 is 5.97 Å². The molecule has 0 unspecified atom stereocenters. The van der Waals surface area contributed by atoms with E-state index in [1.165, 1.54) is 7.11 Å². The molecule has 0 saturated carbocycles. The van der Waals surface area contributed by atoms with E-state index in [-0.39, 0.29) is 17.7 Å². The molecule has 1 N–H and O–H groups in total. The number of carbonyl (C=O) groups excluding carboxylic acids is 3. The Labute approximate surface area is 153 Å². The van der Waals surface area contributed by atoms with Crippen molar-refractivity contribution in [2.24, 2.45) is 5.92 Å². The van der Waals surface area contributed by atoms with Gasteiger partial charge in [-0.15, -0.1) is 0 Å². The number of aromatic nitrogens is 1. The first-order valence-electron chi connectivity index (χ1n) is 9.29. The number of rotatable bonds is 3. The number of nitrogens with zero attached hydrogens (tertiary/aromatic N) is 2. The van der Waals surface area contributed by atoms with E-state index in [0.29, 0.717) is 35.6 Å². The minimum absolute atomic E-state index is 0.123. The van der Waals surface area contributed by atoms with Gasteiger partial charge in [-0.3, -0.25) is 9.59 Å². The zero-order valence-corrected chi connectivity index (χ0v) is 15.8.